The number of ether oxygens (including phenoxy) is 1. The highest BCUT2D eigenvalue weighted by atomic mass is 16.5. The summed E-state index contributed by atoms with van der Waals surface area (Å²) in [5.74, 6) is -0.133. The molecule has 0 radical (unpaired) electrons. The van der Waals surface area contributed by atoms with Crippen LogP contribution in [0, 0.1) is 6.92 Å². The molecule has 6 heteroatoms. The number of carbonyl (C=O) groups excluding carboxylic acids is 1. The Labute approximate surface area is 129 Å². The smallest absolute Gasteiger partial charge is 0.259 e. The Morgan fingerprint density at radius 2 is 2.00 bits per heavy atom. The lowest BCUT2D eigenvalue weighted by Crippen LogP contribution is -2.36. The van der Waals surface area contributed by atoms with Crippen molar-refractivity contribution in [1.29, 1.82) is 0 Å². The molecule has 0 spiro atoms. The summed E-state index contributed by atoms with van der Waals surface area (Å²) in [5, 5.41) is 7.22. The van der Waals surface area contributed by atoms with Crippen molar-refractivity contribution in [3.8, 4) is 0 Å². The van der Waals surface area contributed by atoms with E-state index in [1.54, 1.807) is 10.9 Å². The van der Waals surface area contributed by atoms with E-state index < -0.39 is 0 Å². The van der Waals surface area contributed by atoms with Gasteiger partial charge in [0.2, 0.25) is 0 Å². The molecule has 1 aliphatic heterocycles. The maximum absolute atomic E-state index is 12.5. The number of benzene rings is 1. The number of nitrogens with zero attached hydrogens (tertiary/aromatic N) is 3. The molecule has 1 saturated heterocycles. The number of para-hydroxylation sites is 2. The third kappa shape index (κ3) is 2.96. The van der Waals surface area contributed by atoms with Gasteiger partial charge in [0.05, 0.1) is 35.8 Å². The quantitative estimate of drug-likeness (QED) is 0.939. The number of amides is 1. The average molecular weight is 300 g/mol. The highest BCUT2D eigenvalue weighted by molar-refractivity contribution is 6.06. The lowest BCUT2D eigenvalue weighted by molar-refractivity contribution is 0.102. The second-order valence-corrected chi connectivity index (χ2v) is 5.37. The van der Waals surface area contributed by atoms with Gasteiger partial charge in [0.15, 0.2) is 0 Å². The topological polar surface area (TPSA) is 59.4 Å². The fraction of sp³-hybridized carbons (Fsp3) is 0.375. The maximum atomic E-state index is 12.5. The van der Waals surface area contributed by atoms with Gasteiger partial charge < -0.3 is 15.0 Å². The Balaban J connectivity index is 1.83. The van der Waals surface area contributed by atoms with Crippen LogP contribution in [0.5, 0.6) is 0 Å². The first-order valence-electron chi connectivity index (χ1n) is 7.38. The van der Waals surface area contributed by atoms with E-state index in [9.17, 15) is 4.79 Å². The normalized spacial score (nSPS) is 14.9. The van der Waals surface area contributed by atoms with Gasteiger partial charge in [-0.2, -0.15) is 5.10 Å². The number of hydrogen-bond donors (Lipinski definition) is 1. The van der Waals surface area contributed by atoms with Gasteiger partial charge in [0, 0.05) is 26.3 Å². The van der Waals surface area contributed by atoms with Crippen LogP contribution in [0.15, 0.2) is 30.5 Å². The molecule has 1 aliphatic rings. The van der Waals surface area contributed by atoms with E-state index in [1.807, 2.05) is 38.2 Å². The average Bonchev–Trinajstić information content (AvgIpc) is 2.87. The number of anilines is 2. The van der Waals surface area contributed by atoms with Gasteiger partial charge in [-0.3, -0.25) is 9.48 Å². The molecule has 0 aliphatic carbocycles. The van der Waals surface area contributed by atoms with Gasteiger partial charge in [-0.05, 0) is 19.1 Å². The van der Waals surface area contributed by atoms with Crippen molar-refractivity contribution in [3.05, 3.63) is 41.7 Å². The van der Waals surface area contributed by atoms with Gasteiger partial charge in [0.1, 0.15) is 0 Å². The molecule has 0 bridgehead atoms. The zero-order valence-electron chi connectivity index (χ0n) is 12.9. The third-order valence-electron chi connectivity index (χ3n) is 3.76. The Bertz CT molecular complexity index is 675. The van der Waals surface area contributed by atoms with E-state index in [0.717, 1.165) is 30.2 Å². The summed E-state index contributed by atoms with van der Waals surface area (Å²) >= 11 is 0. The van der Waals surface area contributed by atoms with Crippen LogP contribution in [0.3, 0.4) is 0 Å². The summed E-state index contributed by atoms with van der Waals surface area (Å²) in [6, 6.07) is 7.86. The highest BCUT2D eigenvalue weighted by Crippen LogP contribution is 2.27. The van der Waals surface area contributed by atoms with Gasteiger partial charge in [-0.15, -0.1) is 0 Å². The van der Waals surface area contributed by atoms with Crippen molar-refractivity contribution >= 4 is 17.3 Å². The van der Waals surface area contributed by atoms with E-state index in [2.05, 4.69) is 15.3 Å². The molecule has 0 unspecified atom stereocenters. The molecule has 0 saturated carbocycles. The van der Waals surface area contributed by atoms with Crippen LogP contribution in [-0.4, -0.2) is 42.0 Å². The Morgan fingerprint density at radius 1 is 1.27 bits per heavy atom. The van der Waals surface area contributed by atoms with Gasteiger partial charge >= 0.3 is 0 Å². The van der Waals surface area contributed by atoms with Crippen molar-refractivity contribution in [2.24, 2.45) is 7.05 Å². The van der Waals surface area contributed by atoms with E-state index in [0.29, 0.717) is 18.8 Å². The third-order valence-corrected chi connectivity index (χ3v) is 3.76. The SMILES string of the molecule is Cc1nn(C)cc1C(=O)Nc1ccccc1N1CCOCC1. The molecule has 1 N–H and O–H groups in total. The molecule has 2 aromatic rings. The molecule has 1 fully saturated rings. The number of hydrogen-bond acceptors (Lipinski definition) is 4. The van der Waals surface area contributed by atoms with Crippen molar-refractivity contribution in [2.45, 2.75) is 6.92 Å². The fourth-order valence-corrected chi connectivity index (χ4v) is 2.67. The minimum absolute atomic E-state index is 0.133. The van der Waals surface area contributed by atoms with E-state index >= 15 is 0 Å². The van der Waals surface area contributed by atoms with E-state index in [-0.39, 0.29) is 5.91 Å². The summed E-state index contributed by atoms with van der Waals surface area (Å²) in [5.41, 5.74) is 3.17. The van der Waals surface area contributed by atoms with Crippen LogP contribution in [0.4, 0.5) is 11.4 Å². The fourth-order valence-electron chi connectivity index (χ4n) is 2.67. The van der Waals surface area contributed by atoms with Gasteiger partial charge in [0.25, 0.3) is 5.91 Å². The highest BCUT2D eigenvalue weighted by Gasteiger charge is 2.18. The summed E-state index contributed by atoms with van der Waals surface area (Å²) in [7, 11) is 1.81. The predicted molar refractivity (Wildman–Crippen MR) is 85.4 cm³/mol. The maximum Gasteiger partial charge on any atom is 0.259 e. The molecule has 6 nitrogen and oxygen atoms in total. The second-order valence-electron chi connectivity index (χ2n) is 5.37. The number of aromatic nitrogens is 2. The first kappa shape index (κ1) is 14.6. The molecule has 22 heavy (non-hydrogen) atoms. The van der Waals surface area contributed by atoms with Gasteiger partial charge in [-0.25, -0.2) is 0 Å². The number of carbonyl (C=O) groups is 1. The lowest BCUT2D eigenvalue weighted by atomic mass is 10.2. The molecule has 0 atom stereocenters. The largest absolute Gasteiger partial charge is 0.378 e. The standard InChI is InChI=1S/C16H20N4O2/c1-12-13(11-19(2)18-12)16(21)17-14-5-3-4-6-15(14)20-7-9-22-10-8-20/h3-6,11H,7-10H2,1-2H3,(H,17,21). The van der Waals surface area contributed by atoms with Crippen LogP contribution in [0.2, 0.25) is 0 Å². The molecule has 1 aromatic heterocycles. The van der Waals surface area contributed by atoms with Crippen LogP contribution in [0.1, 0.15) is 16.1 Å². The molecule has 1 amide bonds. The molecular weight excluding hydrogens is 280 g/mol. The summed E-state index contributed by atoms with van der Waals surface area (Å²) in [6.45, 7) is 4.92. The van der Waals surface area contributed by atoms with Crippen LogP contribution in [-0.2, 0) is 11.8 Å². The van der Waals surface area contributed by atoms with Crippen LogP contribution in [0.25, 0.3) is 0 Å². The van der Waals surface area contributed by atoms with Crippen molar-refractivity contribution in [3.63, 3.8) is 0 Å². The predicted octanol–water partition coefficient (Wildman–Crippen LogP) is 1.82. The monoisotopic (exact) mass is 300 g/mol. The van der Waals surface area contributed by atoms with Crippen molar-refractivity contribution < 1.29 is 9.53 Å². The summed E-state index contributed by atoms with van der Waals surface area (Å²) in [6.07, 6.45) is 1.74. The van der Waals surface area contributed by atoms with E-state index in [4.69, 9.17) is 4.74 Å². The van der Waals surface area contributed by atoms with Crippen LogP contribution < -0.4 is 10.2 Å². The zero-order valence-corrected chi connectivity index (χ0v) is 12.9. The number of aryl methyl sites for hydroxylation is 2. The Morgan fingerprint density at radius 3 is 2.68 bits per heavy atom. The first-order chi connectivity index (χ1) is 10.6. The summed E-state index contributed by atoms with van der Waals surface area (Å²) in [4.78, 5) is 14.7. The molecule has 116 valence electrons. The Kier molecular flexibility index (Phi) is 4.11. The minimum atomic E-state index is -0.133. The number of morpholine rings is 1. The zero-order chi connectivity index (χ0) is 15.5. The van der Waals surface area contributed by atoms with Gasteiger partial charge in [-0.1, -0.05) is 12.1 Å². The summed E-state index contributed by atoms with van der Waals surface area (Å²) < 4.78 is 7.04. The number of nitrogens with one attached hydrogen (secondary N) is 1. The minimum Gasteiger partial charge on any atom is -0.378 e. The Hall–Kier alpha value is -2.34. The lowest BCUT2D eigenvalue weighted by Gasteiger charge is -2.30. The molecule has 1 aromatic carbocycles. The van der Waals surface area contributed by atoms with Crippen molar-refractivity contribution in [2.75, 3.05) is 36.5 Å². The number of rotatable bonds is 3. The first-order valence-corrected chi connectivity index (χ1v) is 7.38. The van der Waals surface area contributed by atoms with E-state index in [1.165, 1.54) is 0 Å². The second kappa shape index (κ2) is 6.19. The van der Waals surface area contributed by atoms with Crippen molar-refractivity contribution in [1.82, 2.24) is 9.78 Å². The molecule has 3 rings (SSSR count). The molecule has 2 heterocycles. The van der Waals surface area contributed by atoms with Crippen LogP contribution >= 0.6 is 0 Å². The molecular formula is C16H20N4O2.